The topological polar surface area (TPSA) is 46.5 Å². The number of hydrogen-bond acceptors (Lipinski definition) is 3. The van der Waals surface area contributed by atoms with Crippen molar-refractivity contribution in [2.75, 3.05) is 0 Å². The second kappa shape index (κ2) is 8.73. The fourth-order valence-corrected chi connectivity index (χ4v) is 3.84. The highest BCUT2D eigenvalue weighted by Gasteiger charge is 2.44. The Morgan fingerprint density at radius 3 is 2.91 bits per heavy atom. The first-order chi connectivity index (χ1) is 10.6. The summed E-state index contributed by atoms with van der Waals surface area (Å²) in [6, 6.07) is 0. The zero-order valence-corrected chi connectivity index (χ0v) is 14.0. The number of alkyl halides is 1. The van der Waals surface area contributed by atoms with Crippen molar-refractivity contribution < 1.29 is 14.6 Å². The van der Waals surface area contributed by atoms with Crippen LogP contribution < -0.4 is 0 Å². The zero-order valence-electron chi connectivity index (χ0n) is 13.3. The van der Waals surface area contributed by atoms with Gasteiger partial charge >= 0.3 is 5.97 Å². The first kappa shape index (κ1) is 17.6. The molecule has 124 valence electrons. The molecule has 3 nitrogen and oxygen atoms in total. The Morgan fingerprint density at radius 1 is 1.32 bits per heavy atom. The van der Waals surface area contributed by atoms with Gasteiger partial charge in [0.05, 0.1) is 11.5 Å². The summed E-state index contributed by atoms with van der Waals surface area (Å²) < 4.78 is 5.69. The Morgan fingerprint density at radius 2 is 2.14 bits per heavy atom. The van der Waals surface area contributed by atoms with Crippen LogP contribution in [0.5, 0.6) is 0 Å². The highest BCUT2D eigenvalue weighted by Crippen LogP contribution is 2.40. The van der Waals surface area contributed by atoms with E-state index in [1.54, 1.807) is 0 Å². The average molecular weight is 327 g/mol. The van der Waals surface area contributed by atoms with Crippen molar-refractivity contribution in [3.63, 3.8) is 0 Å². The normalized spacial score (nSPS) is 40.3. The van der Waals surface area contributed by atoms with E-state index in [2.05, 4.69) is 24.3 Å². The molecule has 0 aromatic rings. The summed E-state index contributed by atoms with van der Waals surface area (Å²) in [5.74, 6) is -0.0469. The summed E-state index contributed by atoms with van der Waals surface area (Å²) in [6.07, 6.45) is 13.4. The summed E-state index contributed by atoms with van der Waals surface area (Å²) in [5.41, 5.74) is 0. The summed E-state index contributed by atoms with van der Waals surface area (Å²) in [6.45, 7) is 2.03. The molecule has 5 atom stereocenters. The van der Waals surface area contributed by atoms with Crippen molar-refractivity contribution in [1.82, 2.24) is 0 Å². The van der Waals surface area contributed by atoms with E-state index in [0.717, 1.165) is 32.1 Å². The van der Waals surface area contributed by atoms with E-state index in [0.29, 0.717) is 12.8 Å². The smallest absolute Gasteiger partial charge is 0.306 e. The molecule has 4 heteroatoms. The quantitative estimate of drug-likeness (QED) is 0.450. The van der Waals surface area contributed by atoms with Crippen molar-refractivity contribution in [2.24, 2.45) is 11.8 Å². The van der Waals surface area contributed by atoms with E-state index in [9.17, 15) is 9.90 Å². The average Bonchev–Trinajstić information content (AvgIpc) is 2.78. The highest BCUT2D eigenvalue weighted by molar-refractivity contribution is 6.21. The molecule has 0 amide bonds. The Kier molecular flexibility index (Phi) is 6.97. The number of hydrogen-bond donors (Lipinski definition) is 1. The molecule has 1 saturated carbocycles. The molecular weight excluding hydrogens is 300 g/mol. The Balaban J connectivity index is 2.16. The third kappa shape index (κ3) is 4.60. The third-order valence-electron chi connectivity index (χ3n) is 4.72. The summed E-state index contributed by atoms with van der Waals surface area (Å²) >= 11 is 6.26. The van der Waals surface area contributed by atoms with Crippen LogP contribution in [0.1, 0.15) is 51.9 Å². The van der Waals surface area contributed by atoms with Gasteiger partial charge in [0, 0.05) is 18.3 Å². The standard InChI is InChI=1S/C18H27ClO3/c1-2-16-14-12-15(19)18(21)13(14)10-8-6-4-3-5-7-9-11-17(20)22-16/h3-4,8,10,13-16,18,21H,2,5-7,9,11-12H2,1H3/b4-3-,10-8-/t13-,14+,15+,16-,18+/m0/s1. The monoisotopic (exact) mass is 326 g/mol. The largest absolute Gasteiger partial charge is 0.462 e. The van der Waals surface area contributed by atoms with Crippen LogP contribution in [0, 0.1) is 11.8 Å². The number of cyclic esters (lactones) is 1. The number of allylic oxidation sites excluding steroid dienone is 3. The molecule has 1 aliphatic heterocycles. The molecule has 0 radical (unpaired) electrons. The minimum atomic E-state index is -0.562. The van der Waals surface area contributed by atoms with E-state index in [1.807, 2.05) is 6.92 Å². The van der Waals surface area contributed by atoms with Gasteiger partial charge in [0.25, 0.3) is 0 Å². The lowest BCUT2D eigenvalue weighted by Crippen LogP contribution is -2.31. The Labute approximate surface area is 138 Å². The van der Waals surface area contributed by atoms with Crippen LogP contribution in [0.25, 0.3) is 0 Å². The highest BCUT2D eigenvalue weighted by atomic mass is 35.5. The minimum absolute atomic E-state index is 0.0309. The van der Waals surface area contributed by atoms with Crippen molar-refractivity contribution in [3.05, 3.63) is 24.3 Å². The first-order valence-corrected chi connectivity index (χ1v) is 8.90. The Bertz CT molecular complexity index is 419. The summed E-state index contributed by atoms with van der Waals surface area (Å²) in [4.78, 5) is 12.0. The van der Waals surface area contributed by atoms with Crippen molar-refractivity contribution >= 4 is 17.6 Å². The number of carbonyl (C=O) groups is 1. The van der Waals surface area contributed by atoms with E-state index in [1.165, 1.54) is 0 Å². The van der Waals surface area contributed by atoms with Gasteiger partial charge in [-0.3, -0.25) is 4.79 Å². The van der Waals surface area contributed by atoms with Gasteiger partial charge in [-0.25, -0.2) is 0 Å². The molecule has 22 heavy (non-hydrogen) atoms. The van der Waals surface area contributed by atoms with Gasteiger partial charge in [0.1, 0.15) is 6.10 Å². The van der Waals surface area contributed by atoms with E-state index in [4.69, 9.17) is 16.3 Å². The molecule has 2 aliphatic rings. The van der Waals surface area contributed by atoms with Crippen LogP contribution in [-0.2, 0) is 9.53 Å². The van der Waals surface area contributed by atoms with Gasteiger partial charge in [-0.15, -0.1) is 11.6 Å². The SMILES string of the molecule is CC[C@@H]1OC(=O)CCCC/C=C\C/C=C\[C@@H]2[C@@H](O)[C@H](Cl)C[C@H]21. The van der Waals surface area contributed by atoms with Crippen LogP contribution in [0.15, 0.2) is 24.3 Å². The van der Waals surface area contributed by atoms with E-state index >= 15 is 0 Å². The first-order valence-electron chi connectivity index (χ1n) is 8.46. The number of aliphatic hydroxyl groups is 1. The molecule has 2 rings (SSSR count). The lowest BCUT2D eigenvalue weighted by Gasteiger charge is -2.27. The lowest BCUT2D eigenvalue weighted by atomic mass is 9.88. The van der Waals surface area contributed by atoms with Gasteiger partial charge in [-0.1, -0.05) is 31.2 Å². The third-order valence-corrected chi connectivity index (χ3v) is 5.15. The van der Waals surface area contributed by atoms with Gasteiger partial charge in [0.15, 0.2) is 0 Å². The van der Waals surface area contributed by atoms with E-state index < -0.39 is 6.10 Å². The van der Waals surface area contributed by atoms with Gasteiger partial charge in [-0.05, 0) is 38.5 Å². The predicted octanol–water partition coefficient (Wildman–Crippen LogP) is 3.99. The zero-order chi connectivity index (χ0) is 15.9. The fourth-order valence-electron chi connectivity index (χ4n) is 3.47. The second-order valence-electron chi connectivity index (χ2n) is 6.30. The van der Waals surface area contributed by atoms with Gasteiger partial charge < -0.3 is 9.84 Å². The second-order valence-corrected chi connectivity index (χ2v) is 6.86. The van der Waals surface area contributed by atoms with Crippen LogP contribution in [-0.4, -0.2) is 28.7 Å². The fraction of sp³-hybridized carbons (Fsp3) is 0.722. The maximum atomic E-state index is 12.0. The maximum absolute atomic E-state index is 12.0. The van der Waals surface area contributed by atoms with Crippen LogP contribution in [0.2, 0.25) is 0 Å². The van der Waals surface area contributed by atoms with Crippen molar-refractivity contribution in [2.45, 2.75) is 69.5 Å². The molecule has 0 bridgehead atoms. The molecule has 0 spiro atoms. The number of ether oxygens (including phenoxy) is 1. The van der Waals surface area contributed by atoms with Crippen molar-refractivity contribution in [1.29, 1.82) is 0 Å². The molecule has 0 saturated heterocycles. The molecule has 1 heterocycles. The number of halogens is 1. The number of rotatable bonds is 1. The van der Waals surface area contributed by atoms with Gasteiger partial charge in [0.2, 0.25) is 0 Å². The summed E-state index contributed by atoms with van der Waals surface area (Å²) in [7, 11) is 0. The summed E-state index contributed by atoms with van der Waals surface area (Å²) in [5, 5.41) is 10.1. The van der Waals surface area contributed by atoms with Crippen LogP contribution >= 0.6 is 11.6 Å². The number of aliphatic hydroxyl groups excluding tert-OH is 1. The van der Waals surface area contributed by atoms with Crippen LogP contribution in [0.4, 0.5) is 0 Å². The molecule has 1 aliphatic carbocycles. The molecule has 0 unspecified atom stereocenters. The van der Waals surface area contributed by atoms with Gasteiger partial charge in [-0.2, -0.15) is 0 Å². The molecule has 0 aromatic carbocycles. The molecular formula is C18H27ClO3. The van der Waals surface area contributed by atoms with Crippen molar-refractivity contribution in [3.8, 4) is 0 Å². The maximum Gasteiger partial charge on any atom is 0.306 e. The molecule has 1 fully saturated rings. The molecule has 0 aromatic heterocycles. The predicted molar refractivity (Wildman–Crippen MR) is 88.8 cm³/mol. The number of carbonyl (C=O) groups excluding carboxylic acids is 1. The number of fused-ring (bicyclic) bond motifs is 1. The minimum Gasteiger partial charge on any atom is -0.462 e. The molecule has 1 N–H and O–H groups in total. The Hall–Kier alpha value is -0.800. The van der Waals surface area contributed by atoms with E-state index in [-0.39, 0.29) is 29.3 Å². The lowest BCUT2D eigenvalue weighted by molar-refractivity contribution is -0.153. The van der Waals surface area contributed by atoms with Crippen LogP contribution in [0.3, 0.4) is 0 Å². The number of esters is 1.